The van der Waals surface area contributed by atoms with Gasteiger partial charge in [-0.15, -0.1) is 0 Å². The van der Waals surface area contributed by atoms with Crippen molar-refractivity contribution in [1.29, 1.82) is 0 Å². The van der Waals surface area contributed by atoms with Crippen LogP contribution in [-0.2, 0) is 10.1 Å². The van der Waals surface area contributed by atoms with Crippen LogP contribution in [0.2, 0.25) is 0 Å². The van der Waals surface area contributed by atoms with Crippen molar-refractivity contribution in [2.75, 3.05) is 13.1 Å². The van der Waals surface area contributed by atoms with Gasteiger partial charge in [0.2, 0.25) is 0 Å². The Bertz CT molecular complexity index is 376. The van der Waals surface area contributed by atoms with Crippen molar-refractivity contribution >= 4 is 16.3 Å². The molecular formula is C10H18F3NO3S. The smallest absolute Gasteiger partial charge is 0.485 e. The molecule has 108 valence electrons. The third-order valence-electron chi connectivity index (χ3n) is 2.53. The Balaban J connectivity index is 0.000000331. The second kappa shape index (κ2) is 7.08. The lowest BCUT2D eigenvalue weighted by Gasteiger charge is -2.08. The van der Waals surface area contributed by atoms with Crippen LogP contribution in [0.3, 0.4) is 0 Å². The maximum atomic E-state index is 10.7. The SMILES string of the molecule is CCC[N+]1=CC(CC)CC1.O=S(=O)([O-])C(F)(F)F. The van der Waals surface area contributed by atoms with Crippen LogP contribution < -0.4 is 0 Å². The van der Waals surface area contributed by atoms with Gasteiger partial charge in [-0.3, -0.25) is 0 Å². The summed E-state index contributed by atoms with van der Waals surface area (Å²) >= 11 is 0. The number of rotatable bonds is 3. The number of halogens is 3. The summed E-state index contributed by atoms with van der Waals surface area (Å²) in [5.74, 6) is 0.881. The van der Waals surface area contributed by atoms with Crippen LogP contribution in [-0.4, -0.2) is 42.4 Å². The first-order valence-corrected chi connectivity index (χ1v) is 7.13. The summed E-state index contributed by atoms with van der Waals surface area (Å²) in [6.45, 7) is 7.08. The van der Waals surface area contributed by atoms with Crippen molar-refractivity contribution in [3.8, 4) is 0 Å². The second-order valence-corrected chi connectivity index (χ2v) is 5.41. The van der Waals surface area contributed by atoms with Gasteiger partial charge in [0.25, 0.3) is 0 Å². The first kappa shape index (κ1) is 17.4. The van der Waals surface area contributed by atoms with Crippen molar-refractivity contribution in [3.05, 3.63) is 0 Å². The molecule has 0 fully saturated rings. The molecule has 18 heavy (non-hydrogen) atoms. The monoisotopic (exact) mass is 289 g/mol. The fourth-order valence-corrected chi connectivity index (χ4v) is 1.56. The quantitative estimate of drug-likeness (QED) is 0.453. The van der Waals surface area contributed by atoms with Crippen molar-refractivity contribution < 1.29 is 30.7 Å². The van der Waals surface area contributed by atoms with E-state index < -0.39 is 15.6 Å². The Morgan fingerprint density at radius 1 is 1.39 bits per heavy atom. The van der Waals surface area contributed by atoms with Crippen LogP contribution >= 0.6 is 0 Å². The summed E-state index contributed by atoms with van der Waals surface area (Å²) in [7, 11) is -6.09. The standard InChI is InChI=1S/C9H18N.CHF3O3S/c1-3-6-10-7-5-9(4-2)8-10;2-1(3,4)8(5,6)7/h8-9H,3-7H2,1-2H3;(H,5,6,7)/q+1;/p-1. The molecule has 1 aliphatic rings. The Morgan fingerprint density at radius 3 is 2.17 bits per heavy atom. The molecule has 0 bridgehead atoms. The Kier molecular flexibility index (Phi) is 6.83. The molecular weight excluding hydrogens is 271 g/mol. The van der Waals surface area contributed by atoms with Crippen molar-refractivity contribution in [1.82, 2.24) is 0 Å². The lowest BCUT2D eigenvalue weighted by atomic mass is 10.1. The molecule has 0 spiro atoms. The first-order valence-electron chi connectivity index (χ1n) is 5.73. The van der Waals surface area contributed by atoms with Gasteiger partial charge in [0, 0.05) is 18.8 Å². The lowest BCUT2D eigenvalue weighted by Crippen LogP contribution is -2.21. The highest BCUT2D eigenvalue weighted by atomic mass is 32.2. The molecule has 1 heterocycles. The van der Waals surface area contributed by atoms with Crippen LogP contribution in [0.1, 0.15) is 33.1 Å². The van der Waals surface area contributed by atoms with Gasteiger partial charge in [-0.2, -0.15) is 13.2 Å². The summed E-state index contributed by atoms with van der Waals surface area (Å²) in [6, 6.07) is 0. The number of alkyl halides is 3. The third kappa shape index (κ3) is 6.34. The average molecular weight is 289 g/mol. The summed E-state index contributed by atoms with van der Waals surface area (Å²) in [5.41, 5.74) is -5.65. The van der Waals surface area contributed by atoms with Gasteiger partial charge in [-0.25, -0.2) is 13.0 Å². The van der Waals surface area contributed by atoms with Crippen molar-refractivity contribution in [3.63, 3.8) is 0 Å². The van der Waals surface area contributed by atoms with Crippen LogP contribution in [0.15, 0.2) is 0 Å². The average Bonchev–Trinajstić information content (AvgIpc) is 2.64. The van der Waals surface area contributed by atoms with E-state index in [4.69, 9.17) is 13.0 Å². The minimum Gasteiger partial charge on any atom is -0.741 e. The Hall–Kier alpha value is -0.630. The molecule has 0 aliphatic carbocycles. The molecule has 0 aromatic rings. The molecule has 1 unspecified atom stereocenters. The van der Waals surface area contributed by atoms with E-state index in [9.17, 15) is 13.2 Å². The molecule has 8 heteroatoms. The lowest BCUT2D eigenvalue weighted by molar-refractivity contribution is -0.515. The third-order valence-corrected chi connectivity index (χ3v) is 3.09. The molecule has 0 saturated carbocycles. The van der Waals surface area contributed by atoms with Gasteiger partial charge in [0.1, 0.15) is 19.3 Å². The summed E-state index contributed by atoms with van der Waals surface area (Å²) in [4.78, 5) is 0. The van der Waals surface area contributed by atoms with Crippen LogP contribution in [0.4, 0.5) is 13.2 Å². The zero-order valence-corrected chi connectivity index (χ0v) is 11.2. The predicted molar refractivity (Wildman–Crippen MR) is 60.5 cm³/mol. The maximum absolute atomic E-state index is 10.7. The van der Waals surface area contributed by atoms with Crippen molar-refractivity contribution in [2.24, 2.45) is 5.92 Å². The fraction of sp³-hybridized carbons (Fsp3) is 0.900. The molecule has 0 aromatic heterocycles. The number of hydrogen-bond acceptors (Lipinski definition) is 3. The molecule has 0 amide bonds. The Morgan fingerprint density at radius 2 is 1.89 bits per heavy atom. The van der Waals surface area contributed by atoms with Crippen LogP contribution in [0.25, 0.3) is 0 Å². The summed E-state index contributed by atoms with van der Waals surface area (Å²) in [6.07, 6.45) is 6.41. The van der Waals surface area contributed by atoms with Crippen LogP contribution in [0, 0.1) is 5.92 Å². The first-order chi connectivity index (χ1) is 8.11. The van der Waals surface area contributed by atoms with Gasteiger partial charge >= 0.3 is 5.51 Å². The van der Waals surface area contributed by atoms with E-state index in [1.54, 1.807) is 0 Å². The normalized spacial score (nSPS) is 20.1. The highest BCUT2D eigenvalue weighted by molar-refractivity contribution is 7.86. The minimum absolute atomic E-state index is 0.881. The topological polar surface area (TPSA) is 60.2 Å². The highest BCUT2D eigenvalue weighted by Crippen LogP contribution is 2.20. The van der Waals surface area contributed by atoms with E-state index in [1.165, 1.54) is 32.4 Å². The molecule has 1 atom stereocenters. The molecule has 1 rings (SSSR count). The zero-order chi connectivity index (χ0) is 14.4. The van der Waals surface area contributed by atoms with E-state index >= 15 is 0 Å². The number of hydrogen-bond donors (Lipinski definition) is 0. The maximum Gasteiger partial charge on any atom is 0.485 e. The molecule has 1 aliphatic heterocycles. The summed E-state index contributed by atoms with van der Waals surface area (Å²) in [5, 5.41) is 0. The predicted octanol–water partition coefficient (Wildman–Crippen LogP) is 1.96. The highest BCUT2D eigenvalue weighted by Gasteiger charge is 2.36. The van der Waals surface area contributed by atoms with E-state index in [1.807, 2.05) is 0 Å². The molecule has 0 saturated heterocycles. The van der Waals surface area contributed by atoms with E-state index in [0.29, 0.717) is 0 Å². The van der Waals surface area contributed by atoms with Gasteiger partial charge in [-0.05, 0) is 6.42 Å². The molecule has 4 nitrogen and oxygen atoms in total. The van der Waals surface area contributed by atoms with Gasteiger partial charge in [0.05, 0.1) is 0 Å². The minimum atomic E-state index is -6.09. The largest absolute Gasteiger partial charge is 0.741 e. The van der Waals surface area contributed by atoms with Gasteiger partial charge < -0.3 is 4.55 Å². The van der Waals surface area contributed by atoms with Gasteiger partial charge in [-0.1, -0.05) is 13.8 Å². The van der Waals surface area contributed by atoms with E-state index in [-0.39, 0.29) is 0 Å². The van der Waals surface area contributed by atoms with Gasteiger partial charge in [0.15, 0.2) is 10.1 Å². The van der Waals surface area contributed by atoms with Crippen LogP contribution in [0.5, 0.6) is 0 Å². The molecule has 0 radical (unpaired) electrons. The number of nitrogens with zero attached hydrogens (tertiary/aromatic N) is 1. The zero-order valence-electron chi connectivity index (χ0n) is 10.4. The van der Waals surface area contributed by atoms with E-state index in [0.717, 1.165) is 5.92 Å². The van der Waals surface area contributed by atoms with Crippen molar-refractivity contribution in [2.45, 2.75) is 38.6 Å². The fourth-order valence-electron chi connectivity index (χ4n) is 1.56. The Labute approximate surface area is 105 Å². The molecule has 0 aromatic carbocycles. The van der Waals surface area contributed by atoms with E-state index in [2.05, 4.69) is 24.6 Å². The second-order valence-electron chi connectivity index (χ2n) is 4.04. The summed E-state index contributed by atoms with van der Waals surface area (Å²) < 4.78 is 61.4. The molecule has 0 N–H and O–H groups in total.